The molecule has 1 unspecified atom stereocenters. The van der Waals surface area contributed by atoms with Crippen molar-refractivity contribution < 1.29 is 9.59 Å². The number of urea groups is 1. The number of carbonyl (C=O) groups excluding carboxylic acids is 2. The van der Waals surface area contributed by atoms with Crippen LogP contribution in [-0.4, -0.2) is 23.4 Å². The Morgan fingerprint density at radius 2 is 1.75 bits per heavy atom. The second kappa shape index (κ2) is 4.98. The standard InChI is InChI=1S/C7H13ClN2O2/c1-4(2)9-7(12)10-6(11)5(3)8/h4-5H,1-3H3,(H2,9,10,11,12). The maximum Gasteiger partial charge on any atom is 0.321 e. The van der Waals surface area contributed by atoms with Gasteiger partial charge in [0.2, 0.25) is 5.91 Å². The van der Waals surface area contributed by atoms with Gasteiger partial charge in [0.25, 0.3) is 0 Å². The van der Waals surface area contributed by atoms with Crippen LogP contribution < -0.4 is 10.6 Å². The Morgan fingerprint density at radius 1 is 1.25 bits per heavy atom. The first-order valence-corrected chi connectivity index (χ1v) is 4.12. The maximum absolute atomic E-state index is 10.9. The molecule has 0 aromatic heterocycles. The fourth-order valence-electron chi connectivity index (χ4n) is 0.510. The molecule has 0 bridgehead atoms. The van der Waals surface area contributed by atoms with E-state index in [0.29, 0.717) is 0 Å². The smallest absolute Gasteiger partial charge is 0.321 e. The maximum atomic E-state index is 10.9. The van der Waals surface area contributed by atoms with Gasteiger partial charge >= 0.3 is 6.03 Å². The van der Waals surface area contributed by atoms with Crippen molar-refractivity contribution in [3.63, 3.8) is 0 Å². The molecule has 0 heterocycles. The Bertz CT molecular complexity index is 180. The van der Waals surface area contributed by atoms with Gasteiger partial charge in [-0.1, -0.05) is 0 Å². The van der Waals surface area contributed by atoms with Crippen LogP contribution in [-0.2, 0) is 4.79 Å². The van der Waals surface area contributed by atoms with Crippen LogP contribution in [0.1, 0.15) is 20.8 Å². The summed E-state index contributed by atoms with van der Waals surface area (Å²) in [5, 5.41) is 3.90. The van der Waals surface area contributed by atoms with Crippen LogP contribution in [0.15, 0.2) is 0 Å². The highest BCUT2D eigenvalue weighted by atomic mass is 35.5. The summed E-state index contributed by atoms with van der Waals surface area (Å²) >= 11 is 5.42. The van der Waals surface area contributed by atoms with Gasteiger partial charge in [0, 0.05) is 6.04 Å². The number of imide groups is 1. The molecule has 0 aliphatic heterocycles. The molecular weight excluding hydrogens is 180 g/mol. The third-order valence-electron chi connectivity index (χ3n) is 1.02. The van der Waals surface area contributed by atoms with Crippen molar-refractivity contribution in [3.8, 4) is 0 Å². The zero-order valence-electron chi connectivity index (χ0n) is 7.35. The summed E-state index contributed by atoms with van der Waals surface area (Å²) in [6, 6.07) is -0.508. The summed E-state index contributed by atoms with van der Waals surface area (Å²) < 4.78 is 0. The number of carbonyl (C=O) groups is 2. The van der Waals surface area contributed by atoms with Crippen molar-refractivity contribution >= 4 is 23.5 Å². The van der Waals surface area contributed by atoms with Gasteiger partial charge < -0.3 is 5.32 Å². The molecule has 1 atom stereocenters. The lowest BCUT2D eigenvalue weighted by Gasteiger charge is -2.09. The first-order chi connectivity index (χ1) is 5.43. The monoisotopic (exact) mass is 192 g/mol. The summed E-state index contributed by atoms with van der Waals surface area (Å²) in [5.41, 5.74) is 0. The van der Waals surface area contributed by atoms with Crippen LogP contribution in [0, 0.1) is 0 Å². The lowest BCUT2D eigenvalue weighted by molar-refractivity contribution is -0.119. The van der Waals surface area contributed by atoms with Gasteiger partial charge in [0.05, 0.1) is 0 Å². The van der Waals surface area contributed by atoms with E-state index in [0.717, 1.165) is 0 Å². The number of nitrogens with one attached hydrogen (secondary N) is 2. The average Bonchev–Trinajstić information content (AvgIpc) is 1.84. The third-order valence-corrected chi connectivity index (χ3v) is 1.22. The number of amides is 3. The molecule has 0 aromatic rings. The molecule has 0 fully saturated rings. The van der Waals surface area contributed by atoms with E-state index < -0.39 is 17.3 Å². The average molecular weight is 193 g/mol. The molecule has 2 N–H and O–H groups in total. The first kappa shape index (κ1) is 11.2. The quantitative estimate of drug-likeness (QED) is 0.638. The molecule has 5 heteroatoms. The summed E-state index contributed by atoms with van der Waals surface area (Å²) in [5.74, 6) is -0.491. The van der Waals surface area contributed by atoms with Crippen molar-refractivity contribution in [1.82, 2.24) is 10.6 Å². The molecule has 0 aliphatic carbocycles. The highest BCUT2D eigenvalue weighted by Crippen LogP contribution is 1.91. The van der Waals surface area contributed by atoms with Crippen LogP contribution in [0.2, 0.25) is 0 Å². The van der Waals surface area contributed by atoms with Gasteiger partial charge in [-0.3, -0.25) is 10.1 Å². The summed E-state index contributed by atoms with van der Waals surface area (Å²) in [6.45, 7) is 5.10. The number of rotatable bonds is 2. The predicted molar refractivity (Wildman–Crippen MR) is 47.1 cm³/mol. The molecule has 0 saturated heterocycles. The molecule has 0 radical (unpaired) electrons. The number of alkyl halides is 1. The lowest BCUT2D eigenvalue weighted by atomic mass is 10.4. The van der Waals surface area contributed by atoms with E-state index in [-0.39, 0.29) is 6.04 Å². The zero-order valence-corrected chi connectivity index (χ0v) is 8.11. The molecule has 0 spiro atoms. The minimum Gasteiger partial charge on any atom is -0.336 e. The van der Waals surface area contributed by atoms with Gasteiger partial charge in [-0.15, -0.1) is 11.6 Å². The van der Waals surface area contributed by atoms with E-state index in [2.05, 4.69) is 10.6 Å². The van der Waals surface area contributed by atoms with Gasteiger partial charge in [0.15, 0.2) is 0 Å². The predicted octanol–water partition coefficient (Wildman–Crippen LogP) is 0.848. The number of hydrogen-bond donors (Lipinski definition) is 2. The molecule has 12 heavy (non-hydrogen) atoms. The molecule has 0 aliphatic rings. The minimum absolute atomic E-state index is 0.00318. The molecule has 0 saturated carbocycles. The van der Waals surface area contributed by atoms with Crippen molar-refractivity contribution in [2.45, 2.75) is 32.2 Å². The highest BCUT2D eigenvalue weighted by molar-refractivity contribution is 6.31. The Morgan fingerprint density at radius 3 is 2.08 bits per heavy atom. The molecule has 4 nitrogen and oxygen atoms in total. The second-order valence-electron chi connectivity index (χ2n) is 2.73. The van der Waals surface area contributed by atoms with Gasteiger partial charge in [-0.25, -0.2) is 4.79 Å². The minimum atomic E-state index is -0.692. The van der Waals surface area contributed by atoms with E-state index in [4.69, 9.17) is 11.6 Å². The Kier molecular flexibility index (Phi) is 4.66. The molecule has 0 rings (SSSR count). The fourth-order valence-corrected chi connectivity index (χ4v) is 0.564. The zero-order chi connectivity index (χ0) is 9.72. The highest BCUT2D eigenvalue weighted by Gasteiger charge is 2.12. The van der Waals surface area contributed by atoms with Crippen LogP contribution >= 0.6 is 11.6 Å². The molecule has 70 valence electrons. The third kappa shape index (κ3) is 4.96. The summed E-state index contributed by atoms with van der Waals surface area (Å²) in [4.78, 5) is 21.7. The summed E-state index contributed by atoms with van der Waals surface area (Å²) in [6.07, 6.45) is 0. The van der Waals surface area contributed by atoms with Gasteiger partial charge in [0.1, 0.15) is 5.38 Å². The topological polar surface area (TPSA) is 58.2 Å². The van der Waals surface area contributed by atoms with Crippen LogP contribution in [0.4, 0.5) is 4.79 Å². The molecule has 3 amide bonds. The van der Waals surface area contributed by atoms with Crippen LogP contribution in [0.5, 0.6) is 0 Å². The lowest BCUT2D eigenvalue weighted by Crippen LogP contribution is -2.44. The molecular formula is C7H13ClN2O2. The Hall–Kier alpha value is -0.770. The van der Waals surface area contributed by atoms with Crippen molar-refractivity contribution in [3.05, 3.63) is 0 Å². The first-order valence-electron chi connectivity index (χ1n) is 3.69. The van der Waals surface area contributed by atoms with Crippen molar-refractivity contribution in [2.75, 3.05) is 0 Å². The van der Waals surface area contributed by atoms with E-state index in [1.807, 2.05) is 0 Å². The fraction of sp³-hybridized carbons (Fsp3) is 0.714. The van der Waals surface area contributed by atoms with E-state index in [1.165, 1.54) is 6.92 Å². The van der Waals surface area contributed by atoms with E-state index in [9.17, 15) is 9.59 Å². The SMILES string of the molecule is CC(C)NC(=O)NC(=O)C(C)Cl. The largest absolute Gasteiger partial charge is 0.336 e. The van der Waals surface area contributed by atoms with E-state index >= 15 is 0 Å². The van der Waals surface area contributed by atoms with Crippen molar-refractivity contribution in [1.29, 1.82) is 0 Å². The van der Waals surface area contributed by atoms with Gasteiger partial charge in [-0.05, 0) is 20.8 Å². The Balaban J connectivity index is 3.77. The Labute approximate surface area is 76.7 Å². The van der Waals surface area contributed by atoms with Crippen molar-refractivity contribution in [2.24, 2.45) is 0 Å². The second-order valence-corrected chi connectivity index (χ2v) is 3.39. The number of hydrogen-bond acceptors (Lipinski definition) is 2. The van der Waals surface area contributed by atoms with Gasteiger partial charge in [-0.2, -0.15) is 0 Å². The number of halogens is 1. The molecule has 0 aromatic carbocycles. The van der Waals surface area contributed by atoms with E-state index in [1.54, 1.807) is 13.8 Å². The summed E-state index contributed by atoms with van der Waals surface area (Å²) in [7, 11) is 0. The van der Waals surface area contributed by atoms with Crippen LogP contribution in [0.3, 0.4) is 0 Å². The van der Waals surface area contributed by atoms with Crippen LogP contribution in [0.25, 0.3) is 0 Å². The normalized spacial score (nSPS) is 12.4.